The first-order valence-corrected chi connectivity index (χ1v) is 8.29. The maximum absolute atomic E-state index is 12.6. The molecule has 1 N–H and O–H groups in total. The van der Waals surface area contributed by atoms with Crippen molar-refractivity contribution in [1.29, 1.82) is 0 Å². The van der Waals surface area contributed by atoms with Crippen LogP contribution in [-0.2, 0) is 14.8 Å². The third-order valence-corrected chi connectivity index (χ3v) is 4.63. The molecule has 6 nitrogen and oxygen atoms in total. The molecule has 0 saturated heterocycles. The van der Waals surface area contributed by atoms with Crippen molar-refractivity contribution >= 4 is 15.9 Å². The maximum Gasteiger partial charge on any atom is 0.243 e. The van der Waals surface area contributed by atoms with Crippen LogP contribution in [0, 0.1) is 0 Å². The lowest BCUT2D eigenvalue weighted by atomic mass is 10.3. The van der Waals surface area contributed by atoms with Gasteiger partial charge in [-0.1, -0.05) is 6.08 Å². The van der Waals surface area contributed by atoms with E-state index in [9.17, 15) is 13.2 Å². The van der Waals surface area contributed by atoms with Crippen LogP contribution in [0.25, 0.3) is 0 Å². The van der Waals surface area contributed by atoms with Crippen molar-refractivity contribution in [1.82, 2.24) is 9.62 Å². The number of nitrogens with zero attached hydrogens (tertiary/aromatic N) is 1. The zero-order chi connectivity index (χ0) is 16.8. The molecule has 122 valence electrons. The molecule has 7 heteroatoms. The van der Waals surface area contributed by atoms with Crippen molar-refractivity contribution in [3.8, 4) is 5.75 Å². The molecule has 0 radical (unpaired) electrons. The minimum absolute atomic E-state index is 0.0539. The zero-order valence-electron chi connectivity index (χ0n) is 13.1. The Balaban J connectivity index is 3.00. The number of hydrogen-bond acceptors (Lipinski definition) is 4. The highest BCUT2D eigenvalue weighted by molar-refractivity contribution is 7.89. The number of benzene rings is 1. The summed E-state index contributed by atoms with van der Waals surface area (Å²) in [5.41, 5.74) is 0. The molecular formula is C15H22N2O4S. The van der Waals surface area contributed by atoms with Crippen LogP contribution in [0.2, 0.25) is 0 Å². The van der Waals surface area contributed by atoms with Crippen LogP contribution in [0.1, 0.15) is 13.8 Å². The second-order valence-electron chi connectivity index (χ2n) is 4.98. The maximum atomic E-state index is 12.6. The number of nitrogens with one attached hydrogen (secondary N) is 1. The molecule has 1 aromatic carbocycles. The van der Waals surface area contributed by atoms with E-state index in [2.05, 4.69) is 11.9 Å². The Morgan fingerprint density at radius 3 is 2.41 bits per heavy atom. The molecule has 1 aromatic rings. The molecule has 22 heavy (non-hydrogen) atoms. The fourth-order valence-electron chi connectivity index (χ4n) is 1.82. The van der Waals surface area contributed by atoms with Gasteiger partial charge in [-0.15, -0.1) is 6.58 Å². The van der Waals surface area contributed by atoms with E-state index < -0.39 is 10.0 Å². The van der Waals surface area contributed by atoms with Crippen molar-refractivity contribution in [2.75, 3.05) is 20.2 Å². The van der Waals surface area contributed by atoms with Gasteiger partial charge in [-0.2, -0.15) is 4.31 Å². The third-order valence-electron chi connectivity index (χ3n) is 2.80. The average Bonchev–Trinajstić information content (AvgIpc) is 2.46. The highest BCUT2D eigenvalue weighted by Gasteiger charge is 2.25. The number of sulfonamides is 1. The number of hydrogen-bond donors (Lipinski definition) is 1. The van der Waals surface area contributed by atoms with E-state index in [1.807, 2.05) is 13.8 Å². The molecule has 0 aliphatic heterocycles. The number of ether oxygens (including phenoxy) is 1. The van der Waals surface area contributed by atoms with Gasteiger partial charge in [0.1, 0.15) is 5.75 Å². The Morgan fingerprint density at radius 2 is 1.95 bits per heavy atom. The molecule has 1 amide bonds. The summed E-state index contributed by atoms with van der Waals surface area (Å²) in [4.78, 5) is 11.9. The van der Waals surface area contributed by atoms with Gasteiger partial charge in [-0.25, -0.2) is 8.42 Å². The summed E-state index contributed by atoms with van der Waals surface area (Å²) in [6.07, 6.45) is 1.45. The van der Waals surface area contributed by atoms with Crippen LogP contribution in [-0.4, -0.2) is 44.9 Å². The molecule has 0 bridgehead atoms. The van der Waals surface area contributed by atoms with Crippen LogP contribution in [0.4, 0.5) is 0 Å². The van der Waals surface area contributed by atoms with Crippen molar-refractivity contribution in [3.05, 3.63) is 36.9 Å². The smallest absolute Gasteiger partial charge is 0.243 e. The van der Waals surface area contributed by atoms with Crippen molar-refractivity contribution in [2.24, 2.45) is 0 Å². The molecule has 0 spiro atoms. The van der Waals surface area contributed by atoms with E-state index in [1.165, 1.54) is 25.3 Å². The largest absolute Gasteiger partial charge is 0.497 e. The van der Waals surface area contributed by atoms with E-state index >= 15 is 0 Å². The molecule has 0 heterocycles. The molecule has 0 atom stereocenters. The molecule has 0 fully saturated rings. The van der Waals surface area contributed by atoms with Crippen LogP contribution < -0.4 is 10.1 Å². The predicted molar refractivity (Wildman–Crippen MR) is 85.2 cm³/mol. The van der Waals surface area contributed by atoms with Gasteiger partial charge in [-0.3, -0.25) is 4.79 Å². The van der Waals surface area contributed by atoms with Gasteiger partial charge >= 0.3 is 0 Å². The first-order chi connectivity index (χ1) is 10.3. The van der Waals surface area contributed by atoms with Gasteiger partial charge in [0.2, 0.25) is 15.9 Å². The number of methoxy groups -OCH3 is 1. The molecule has 0 aliphatic carbocycles. The summed E-state index contributed by atoms with van der Waals surface area (Å²) in [5, 5.41) is 2.67. The van der Waals surface area contributed by atoms with Crippen LogP contribution in [0.5, 0.6) is 5.75 Å². The van der Waals surface area contributed by atoms with Crippen LogP contribution >= 0.6 is 0 Å². The van der Waals surface area contributed by atoms with Gasteiger partial charge in [0, 0.05) is 12.6 Å². The average molecular weight is 326 g/mol. The van der Waals surface area contributed by atoms with Crippen molar-refractivity contribution in [3.63, 3.8) is 0 Å². The van der Waals surface area contributed by atoms with Crippen LogP contribution in [0.3, 0.4) is 0 Å². The molecule has 0 unspecified atom stereocenters. The van der Waals surface area contributed by atoms with Gasteiger partial charge < -0.3 is 10.1 Å². The highest BCUT2D eigenvalue weighted by atomic mass is 32.2. The topological polar surface area (TPSA) is 75.7 Å². The minimum atomic E-state index is -3.77. The predicted octanol–water partition coefficient (Wildman–Crippen LogP) is 1.40. The summed E-state index contributed by atoms with van der Waals surface area (Å²) in [5.74, 6) is 0.209. The normalized spacial score (nSPS) is 11.5. The number of rotatable bonds is 8. The Hall–Kier alpha value is -1.86. The quantitative estimate of drug-likeness (QED) is 0.733. The monoisotopic (exact) mass is 326 g/mol. The molecule has 0 saturated carbocycles. The van der Waals surface area contributed by atoms with Gasteiger partial charge in [0.25, 0.3) is 0 Å². The Morgan fingerprint density at radius 1 is 1.36 bits per heavy atom. The standard InChI is InChI=1S/C15H22N2O4S/c1-5-10-17(11-15(18)16-12(2)3)22(19,20)14-8-6-13(21-4)7-9-14/h5-9,12H,1,10-11H2,2-4H3,(H,16,18). The SMILES string of the molecule is C=CCN(CC(=O)NC(C)C)S(=O)(=O)c1ccc(OC)cc1. The summed E-state index contributed by atoms with van der Waals surface area (Å²) in [7, 11) is -2.27. The Bertz CT molecular complexity index is 609. The second kappa shape index (κ2) is 7.95. The first kappa shape index (κ1) is 18.2. The van der Waals surface area contributed by atoms with Gasteiger partial charge in [0.05, 0.1) is 18.6 Å². The minimum Gasteiger partial charge on any atom is -0.497 e. The summed E-state index contributed by atoms with van der Waals surface area (Å²) < 4.78 is 31.3. The summed E-state index contributed by atoms with van der Waals surface area (Å²) in [6.45, 7) is 6.98. The number of amides is 1. The second-order valence-corrected chi connectivity index (χ2v) is 6.92. The summed E-state index contributed by atoms with van der Waals surface area (Å²) in [6, 6.07) is 5.97. The van der Waals surface area contributed by atoms with E-state index in [4.69, 9.17) is 4.74 Å². The molecule has 0 aromatic heterocycles. The number of carbonyl (C=O) groups excluding carboxylic acids is 1. The number of carbonyl (C=O) groups is 1. The third kappa shape index (κ3) is 4.85. The van der Waals surface area contributed by atoms with Gasteiger partial charge in [0.15, 0.2) is 0 Å². The van der Waals surface area contributed by atoms with Crippen molar-refractivity contribution < 1.29 is 17.9 Å². The lowest BCUT2D eigenvalue weighted by molar-refractivity contribution is -0.121. The molecule has 1 rings (SSSR count). The lowest BCUT2D eigenvalue weighted by Gasteiger charge is -2.21. The first-order valence-electron chi connectivity index (χ1n) is 6.85. The Labute approximate surface area is 131 Å². The van der Waals surface area contributed by atoms with E-state index in [1.54, 1.807) is 12.1 Å². The summed E-state index contributed by atoms with van der Waals surface area (Å²) >= 11 is 0. The zero-order valence-corrected chi connectivity index (χ0v) is 13.9. The fraction of sp³-hybridized carbons (Fsp3) is 0.400. The van der Waals surface area contributed by atoms with Crippen LogP contribution in [0.15, 0.2) is 41.8 Å². The van der Waals surface area contributed by atoms with E-state index in [-0.39, 0.29) is 29.9 Å². The van der Waals surface area contributed by atoms with Crippen molar-refractivity contribution in [2.45, 2.75) is 24.8 Å². The molecular weight excluding hydrogens is 304 g/mol. The lowest BCUT2D eigenvalue weighted by Crippen LogP contribution is -2.42. The Kier molecular flexibility index (Phi) is 6.58. The van der Waals surface area contributed by atoms with Gasteiger partial charge in [-0.05, 0) is 38.1 Å². The van der Waals surface area contributed by atoms with E-state index in [0.717, 1.165) is 4.31 Å². The molecule has 0 aliphatic rings. The van der Waals surface area contributed by atoms with E-state index in [0.29, 0.717) is 5.75 Å². The fourth-order valence-corrected chi connectivity index (χ4v) is 3.18. The highest BCUT2D eigenvalue weighted by Crippen LogP contribution is 2.19.